The zero-order valence-electron chi connectivity index (χ0n) is 13.5. The molecule has 0 aliphatic carbocycles. The molecule has 0 bridgehead atoms. The second-order valence-electron chi connectivity index (χ2n) is 5.09. The van der Waals surface area contributed by atoms with E-state index >= 15 is 0 Å². The van der Waals surface area contributed by atoms with Crippen molar-refractivity contribution in [2.45, 2.75) is 60.4 Å². The molecule has 0 saturated carbocycles. The van der Waals surface area contributed by atoms with E-state index in [-0.39, 0.29) is 0 Å². The first-order valence-electron chi connectivity index (χ1n) is 7.77. The van der Waals surface area contributed by atoms with Gasteiger partial charge in [0.25, 0.3) is 0 Å². The standard InChI is InChI=1S/C14H28N2.C2H6/c1-6-15(7-2)13(5)14-9-8-10-16(11-14)12(3)4;1-2/h12,14H,5-11H2,1-4H3;1-2H3. The molecule has 0 aromatic carbocycles. The molecule has 0 aromatic heterocycles. The van der Waals surface area contributed by atoms with Crippen LogP contribution in [0.15, 0.2) is 12.3 Å². The first-order valence-corrected chi connectivity index (χ1v) is 7.77. The molecule has 1 heterocycles. The normalized spacial score (nSPS) is 20.3. The number of nitrogens with zero attached hydrogens (tertiary/aromatic N) is 2. The SMILES string of the molecule is C=C(C1CCCN(C(C)C)C1)N(CC)CC.CC. The van der Waals surface area contributed by atoms with Crippen LogP contribution in [0.2, 0.25) is 0 Å². The Hall–Kier alpha value is -0.500. The van der Waals surface area contributed by atoms with E-state index in [0.29, 0.717) is 12.0 Å². The predicted octanol–water partition coefficient (Wildman–Crippen LogP) is 3.99. The van der Waals surface area contributed by atoms with Gasteiger partial charge in [0, 0.05) is 37.3 Å². The van der Waals surface area contributed by atoms with Crippen molar-refractivity contribution < 1.29 is 0 Å². The summed E-state index contributed by atoms with van der Waals surface area (Å²) < 4.78 is 0. The Kier molecular flexibility index (Phi) is 9.17. The van der Waals surface area contributed by atoms with Crippen molar-refractivity contribution in [2.75, 3.05) is 26.2 Å². The lowest BCUT2D eigenvalue weighted by Gasteiger charge is -2.39. The highest BCUT2D eigenvalue weighted by Crippen LogP contribution is 2.25. The van der Waals surface area contributed by atoms with E-state index in [9.17, 15) is 0 Å². The Labute approximate surface area is 115 Å². The van der Waals surface area contributed by atoms with Crippen LogP contribution >= 0.6 is 0 Å². The van der Waals surface area contributed by atoms with E-state index in [0.717, 1.165) is 13.1 Å². The minimum atomic E-state index is 0.673. The van der Waals surface area contributed by atoms with E-state index in [1.54, 1.807) is 0 Å². The Bertz CT molecular complexity index is 219. The van der Waals surface area contributed by atoms with E-state index in [2.05, 4.69) is 44.1 Å². The van der Waals surface area contributed by atoms with Gasteiger partial charge in [0.1, 0.15) is 0 Å². The van der Waals surface area contributed by atoms with Gasteiger partial charge in [-0.25, -0.2) is 0 Å². The van der Waals surface area contributed by atoms with Gasteiger partial charge in [-0.3, -0.25) is 0 Å². The molecule has 1 atom stereocenters. The fraction of sp³-hybridized carbons (Fsp3) is 0.875. The van der Waals surface area contributed by atoms with Crippen LogP contribution in [-0.4, -0.2) is 42.0 Å². The van der Waals surface area contributed by atoms with Crippen LogP contribution in [0, 0.1) is 5.92 Å². The highest BCUT2D eigenvalue weighted by atomic mass is 15.2. The average Bonchev–Trinajstić information content (AvgIpc) is 2.42. The van der Waals surface area contributed by atoms with Gasteiger partial charge < -0.3 is 9.80 Å². The molecule has 1 fully saturated rings. The molecule has 2 nitrogen and oxygen atoms in total. The molecule has 0 radical (unpaired) electrons. The van der Waals surface area contributed by atoms with Crippen LogP contribution in [-0.2, 0) is 0 Å². The van der Waals surface area contributed by atoms with Crippen molar-refractivity contribution in [1.82, 2.24) is 9.80 Å². The van der Waals surface area contributed by atoms with Gasteiger partial charge in [0.05, 0.1) is 0 Å². The van der Waals surface area contributed by atoms with Gasteiger partial charge in [0.2, 0.25) is 0 Å². The number of rotatable bonds is 5. The smallest absolute Gasteiger partial charge is 0.0146 e. The predicted molar refractivity (Wildman–Crippen MR) is 82.8 cm³/mol. The molecular formula is C16H34N2. The molecule has 1 unspecified atom stereocenters. The molecule has 1 saturated heterocycles. The van der Waals surface area contributed by atoms with Gasteiger partial charge in [-0.2, -0.15) is 0 Å². The zero-order chi connectivity index (χ0) is 14.1. The Balaban J connectivity index is 0.00000137. The summed E-state index contributed by atoms with van der Waals surface area (Å²) in [4.78, 5) is 5.00. The van der Waals surface area contributed by atoms with E-state index in [4.69, 9.17) is 0 Å². The van der Waals surface area contributed by atoms with E-state index in [1.807, 2.05) is 13.8 Å². The second-order valence-corrected chi connectivity index (χ2v) is 5.09. The topological polar surface area (TPSA) is 6.48 Å². The Morgan fingerprint density at radius 2 is 1.83 bits per heavy atom. The van der Waals surface area contributed by atoms with Gasteiger partial charge >= 0.3 is 0 Å². The highest BCUT2D eigenvalue weighted by molar-refractivity contribution is 5.02. The Morgan fingerprint density at radius 3 is 2.28 bits per heavy atom. The molecule has 18 heavy (non-hydrogen) atoms. The fourth-order valence-electron chi connectivity index (χ4n) is 2.64. The van der Waals surface area contributed by atoms with E-state index in [1.165, 1.54) is 31.6 Å². The largest absolute Gasteiger partial charge is 0.376 e. The van der Waals surface area contributed by atoms with Crippen LogP contribution in [0.3, 0.4) is 0 Å². The summed E-state index contributed by atoms with van der Waals surface area (Å²) in [5.41, 5.74) is 1.36. The van der Waals surface area contributed by atoms with Crippen molar-refractivity contribution >= 4 is 0 Å². The fourth-order valence-corrected chi connectivity index (χ4v) is 2.64. The summed E-state index contributed by atoms with van der Waals surface area (Å²) in [6.45, 7) is 22.0. The van der Waals surface area contributed by atoms with Gasteiger partial charge in [-0.1, -0.05) is 20.4 Å². The maximum absolute atomic E-state index is 4.31. The van der Waals surface area contributed by atoms with Crippen LogP contribution in [0.1, 0.15) is 54.4 Å². The molecule has 0 amide bonds. The molecule has 0 aromatic rings. The number of hydrogen-bond donors (Lipinski definition) is 0. The van der Waals surface area contributed by atoms with Crippen LogP contribution in [0.4, 0.5) is 0 Å². The third-order valence-corrected chi connectivity index (χ3v) is 3.82. The van der Waals surface area contributed by atoms with Crippen molar-refractivity contribution in [3.63, 3.8) is 0 Å². The number of hydrogen-bond acceptors (Lipinski definition) is 2. The first kappa shape index (κ1) is 17.5. The summed E-state index contributed by atoms with van der Waals surface area (Å²) in [5, 5.41) is 0. The summed E-state index contributed by atoms with van der Waals surface area (Å²) in [5.74, 6) is 0.677. The van der Waals surface area contributed by atoms with Crippen molar-refractivity contribution in [2.24, 2.45) is 5.92 Å². The monoisotopic (exact) mass is 254 g/mol. The molecule has 0 spiro atoms. The van der Waals surface area contributed by atoms with Crippen molar-refractivity contribution in [3.8, 4) is 0 Å². The third-order valence-electron chi connectivity index (χ3n) is 3.82. The highest BCUT2D eigenvalue weighted by Gasteiger charge is 2.25. The summed E-state index contributed by atoms with van der Waals surface area (Å²) >= 11 is 0. The molecule has 0 N–H and O–H groups in total. The minimum Gasteiger partial charge on any atom is -0.376 e. The molecule has 2 heteroatoms. The zero-order valence-corrected chi connectivity index (χ0v) is 13.5. The lowest BCUT2D eigenvalue weighted by molar-refractivity contribution is 0.138. The maximum Gasteiger partial charge on any atom is 0.0146 e. The number of piperidine rings is 1. The van der Waals surface area contributed by atoms with Crippen molar-refractivity contribution in [3.05, 3.63) is 12.3 Å². The second kappa shape index (κ2) is 9.43. The Morgan fingerprint density at radius 1 is 1.28 bits per heavy atom. The first-order chi connectivity index (χ1) is 8.60. The van der Waals surface area contributed by atoms with E-state index < -0.39 is 0 Å². The quantitative estimate of drug-likeness (QED) is 0.732. The summed E-state index contributed by atoms with van der Waals surface area (Å²) in [7, 11) is 0. The van der Waals surface area contributed by atoms with Gasteiger partial charge in [-0.05, 0) is 47.1 Å². The lowest BCUT2D eigenvalue weighted by atomic mass is 9.93. The van der Waals surface area contributed by atoms with Crippen LogP contribution < -0.4 is 0 Å². The lowest BCUT2D eigenvalue weighted by Crippen LogP contribution is -2.42. The molecule has 1 rings (SSSR count). The third kappa shape index (κ3) is 5.01. The average molecular weight is 254 g/mol. The van der Waals surface area contributed by atoms with Crippen LogP contribution in [0.25, 0.3) is 0 Å². The van der Waals surface area contributed by atoms with Crippen molar-refractivity contribution in [1.29, 1.82) is 0 Å². The van der Waals surface area contributed by atoms with Gasteiger partial charge in [0.15, 0.2) is 0 Å². The molecule has 108 valence electrons. The molecule has 1 aliphatic rings. The summed E-state index contributed by atoms with van der Waals surface area (Å²) in [6, 6.07) is 0.673. The maximum atomic E-state index is 4.31. The molecule has 1 aliphatic heterocycles. The van der Waals surface area contributed by atoms with Crippen LogP contribution in [0.5, 0.6) is 0 Å². The molecular weight excluding hydrogens is 220 g/mol. The number of likely N-dealkylation sites (tertiary alicyclic amines) is 1. The summed E-state index contributed by atoms with van der Waals surface area (Å²) in [6.07, 6.45) is 2.64. The van der Waals surface area contributed by atoms with Gasteiger partial charge in [-0.15, -0.1) is 0 Å². The minimum absolute atomic E-state index is 0.673.